The molecule has 0 amide bonds. The summed E-state index contributed by atoms with van der Waals surface area (Å²) in [4.78, 5) is 10.4. The minimum absolute atomic E-state index is 0.0218. The van der Waals surface area contributed by atoms with Crippen molar-refractivity contribution < 1.29 is 14.6 Å². The molecular formula is C11H14O3. The number of hydrogen-bond donors (Lipinski definition) is 1. The molecule has 0 bridgehead atoms. The van der Waals surface area contributed by atoms with Gasteiger partial charge in [0.2, 0.25) is 0 Å². The highest BCUT2D eigenvalue weighted by molar-refractivity contribution is 5.67. The van der Waals surface area contributed by atoms with Crippen LogP contribution < -0.4 is 4.74 Å². The van der Waals surface area contributed by atoms with Crippen molar-refractivity contribution in [3.8, 4) is 5.75 Å². The van der Waals surface area contributed by atoms with Gasteiger partial charge in [0.1, 0.15) is 11.9 Å². The van der Waals surface area contributed by atoms with Gasteiger partial charge >= 0.3 is 5.97 Å². The minimum Gasteiger partial charge on any atom is -0.490 e. The second-order valence-corrected chi connectivity index (χ2v) is 3.34. The van der Waals surface area contributed by atoms with E-state index in [0.717, 1.165) is 11.3 Å². The molecule has 14 heavy (non-hydrogen) atoms. The molecule has 0 spiro atoms. The number of ether oxygens (including phenoxy) is 1. The molecule has 0 aliphatic heterocycles. The van der Waals surface area contributed by atoms with Crippen LogP contribution in [0.15, 0.2) is 24.3 Å². The summed E-state index contributed by atoms with van der Waals surface area (Å²) >= 11 is 0. The zero-order chi connectivity index (χ0) is 10.6. The lowest BCUT2D eigenvalue weighted by molar-refractivity contribution is -0.138. The van der Waals surface area contributed by atoms with E-state index < -0.39 is 5.97 Å². The summed E-state index contributed by atoms with van der Waals surface area (Å²) < 4.78 is 5.43. The van der Waals surface area contributed by atoms with Crippen molar-refractivity contribution in [3.63, 3.8) is 0 Å². The Morgan fingerprint density at radius 3 is 2.86 bits per heavy atom. The van der Waals surface area contributed by atoms with Crippen LogP contribution in [0.4, 0.5) is 0 Å². The summed E-state index contributed by atoms with van der Waals surface area (Å²) in [5.74, 6) is -0.121. The molecule has 0 saturated carbocycles. The van der Waals surface area contributed by atoms with Gasteiger partial charge in [0.05, 0.1) is 6.42 Å². The molecule has 0 aliphatic rings. The molecule has 76 valence electrons. The summed E-state index contributed by atoms with van der Waals surface area (Å²) in [5.41, 5.74) is 1.10. The maximum absolute atomic E-state index is 10.4. The number of rotatable bonds is 4. The van der Waals surface area contributed by atoms with Crippen molar-refractivity contribution in [1.29, 1.82) is 0 Å². The van der Waals surface area contributed by atoms with Gasteiger partial charge in [0.15, 0.2) is 0 Å². The molecule has 3 nitrogen and oxygen atoms in total. The molecule has 1 rings (SSSR count). The smallest absolute Gasteiger partial charge is 0.307 e. The first-order valence-electron chi connectivity index (χ1n) is 4.53. The van der Waals surface area contributed by atoms with E-state index in [1.807, 2.05) is 31.2 Å². The van der Waals surface area contributed by atoms with E-state index in [-0.39, 0.29) is 12.5 Å². The third-order valence-corrected chi connectivity index (χ3v) is 1.79. The lowest BCUT2D eigenvalue weighted by atomic mass is 10.2. The van der Waals surface area contributed by atoms with Crippen LogP contribution in [-0.4, -0.2) is 17.2 Å². The van der Waals surface area contributed by atoms with Gasteiger partial charge in [-0.1, -0.05) is 12.1 Å². The standard InChI is InChI=1S/C11H14O3/c1-8-4-3-5-10(6-8)14-9(2)7-11(12)13/h3-6,9H,7H2,1-2H3,(H,12,13)/t9-/m0/s1. The lowest BCUT2D eigenvalue weighted by Crippen LogP contribution is -2.16. The van der Waals surface area contributed by atoms with Crippen molar-refractivity contribution in [1.82, 2.24) is 0 Å². The highest BCUT2D eigenvalue weighted by atomic mass is 16.5. The fourth-order valence-corrected chi connectivity index (χ4v) is 1.21. The summed E-state index contributed by atoms with van der Waals surface area (Å²) in [5, 5.41) is 8.54. The number of carboxylic acids is 1. The molecule has 1 N–H and O–H groups in total. The van der Waals surface area contributed by atoms with E-state index in [1.165, 1.54) is 0 Å². The average Bonchev–Trinajstić information content (AvgIpc) is 2.01. The maximum atomic E-state index is 10.4. The first-order chi connectivity index (χ1) is 6.58. The summed E-state index contributed by atoms with van der Waals surface area (Å²) in [6.45, 7) is 3.71. The molecule has 1 aromatic carbocycles. The monoisotopic (exact) mass is 194 g/mol. The Balaban J connectivity index is 2.55. The Labute approximate surface area is 83.3 Å². The second-order valence-electron chi connectivity index (χ2n) is 3.34. The first kappa shape index (κ1) is 10.6. The van der Waals surface area contributed by atoms with Crippen LogP contribution in [0.2, 0.25) is 0 Å². The number of carbonyl (C=O) groups is 1. The SMILES string of the molecule is Cc1cccc(O[C@@H](C)CC(=O)O)c1. The van der Waals surface area contributed by atoms with Crippen LogP contribution in [-0.2, 0) is 4.79 Å². The first-order valence-corrected chi connectivity index (χ1v) is 4.53. The molecule has 0 aromatic heterocycles. The van der Waals surface area contributed by atoms with E-state index in [4.69, 9.17) is 9.84 Å². The van der Waals surface area contributed by atoms with E-state index >= 15 is 0 Å². The topological polar surface area (TPSA) is 46.5 Å². The number of benzene rings is 1. The van der Waals surface area contributed by atoms with E-state index in [0.29, 0.717) is 0 Å². The van der Waals surface area contributed by atoms with Gasteiger partial charge in [-0.25, -0.2) is 0 Å². The quantitative estimate of drug-likeness (QED) is 0.799. The Bertz CT molecular complexity index is 320. The van der Waals surface area contributed by atoms with Gasteiger partial charge in [-0.05, 0) is 31.5 Å². The van der Waals surface area contributed by atoms with Crippen molar-refractivity contribution in [2.45, 2.75) is 26.4 Å². The lowest BCUT2D eigenvalue weighted by Gasteiger charge is -2.12. The molecule has 0 unspecified atom stereocenters. The molecule has 0 saturated heterocycles. The molecule has 3 heteroatoms. The number of aliphatic carboxylic acids is 1. The van der Waals surface area contributed by atoms with E-state index in [1.54, 1.807) is 6.92 Å². The summed E-state index contributed by atoms with van der Waals surface area (Å²) in [6, 6.07) is 7.57. The minimum atomic E-state index is -0.842. The van der Waals surface area contributed by atoms with Gasteiger partial charge in [-0.2, -0.15) is 0 Å². The highest BCUT2D eigenvalue weighted by Crippen LogP contribution is 2.14. The van der Waals surface area contributed by atoms with E-state index in [2.05, 4.69) is 0 Å². The van der Waals surface area contributed by atoms with Crippen molar-refractivity contribution in [2.24, 2.45) is 0 Å². The van der Waals surface area contributed by atoms with Crippen LogP contribution in [0.25, 0.3) is 0 Å². The van der Waals surface area contributed by atoms with Gasteiger partial charge < -0.3 is 9.84 Å². The number of carboxylic acid groups (broad SMARTS) is 1. The highest BCUT2D eigenvalue weighted by Gasteiger charge is 2.08. The largest absolute Gasteiger partial charge is 0.490 e. The van der Waals surface area contributed by atoms with Crippen LogP contribution in [0.1, 0.15) is 18.9 Å². The van der Waals surface area contributed by atoms with Crippen molar-refractivity contribution in [2.75, 3.05) is 0 Å². The fourth-order valence-electron chi connectivity index (χ4n) is 1.21. The van der Waals surface area contributed by atoms with Gasteiger partial charge in [0.25, 0.3) is 0 Å². The molecule has 0 aliphatic carbocycles. The Kier molecular flexibility index (Phi) is 3.51. The Morgan fingerprint density at radius 2 is 2.29 bits per heavy atom. The Morgan fingerprint density at radius 1 is 1.57 bits per heavy atom. The molecule has 0 radical (unpaired) electrons. The molecule has 1 atom stereocenters. The van der Waals surface area contributed by atoms with Crippen molar-refractivity contribution in [3.05, 3.63) is 29.8 Å². The number of hydrogen-bond acceptors (Lipinski definition) is 2. The third-order valence-electron chi connectivity index (χ3n) is 1.79. The predicted octanol–water partition coefficient (Wildman–Crippen LogP) is 2.24. The molecule has 0 fully saturated rings. The fraction of sp³-hybridized carbons (Fsp3) is 0.364. The zero-order valence-electron chi connectivity index (χ0n) is 8.36. The molecule has 1 aromatic rings. The van der Waals surface area contributed by atoms with E-state index in [9.17, 15) is 4.79 Å². The summed E-state index contributed by atoms with van der Waals surface area (Å²) in [6.07, 6.45) is -0.275. The summed E-state index contributed by atoms with van der Waals surface area (Å²) in [7, 11) is 0. The van der Waals surface area contributed by atoms with Crippen LogP contribution in [0.3, 0.4) is 0 Å². The normalized spacial score (nSPS) is 12.1. The van der Waals surface area contributed by atoms with Crippen LogP contribution in [0, 0.1) is 6.92 Å². The second kappa shape index (κ2) is 4.65. The van der Waals surface area contributed by atoms with Gasteiger partial charge in [0, 0.05) is 0 Å². The van der Waals surface area contributed by atoms with Gasteiger partial charge in [-0.15, -0.1) is 0 Å². The number of aryl methyl sites for hydroxylation is 1. The van der Waals surface area contributed by atoms with Crippen LogP contribution >= 0.6 is 0 Å². The molecule has 0 heterocycles. The van der Waals surface area contributed by atoms with Gasteiger partial charge in [-0.3, -0.25) is 4.79 Å². The zero-order valence-corrected chi connectivity index (χ0v) is 8.36. The average molecular weight is 194 g/mol. The molecular weight excluding hydrogens is 180 g/mol. The third kappa shape index (κ3) is 3.47. The Hall–Kier alpha value is -1.51. The predicted molar refractivity (Wildman–Crippen MR) is 53.5 cm³/mol. The van der Waals surface area contributed by atoms with Crippen molar-refractivity contribution >= 4 is 5.97 Å². The van der Waals surface area contributed by atoms with Crippen LogP contribution in [0.5, 0.6) is 5.75 Å². The maximum Gasteiger partial charge on any atom is 0.307 e.